The topological polar surface area (TPSA) is 119 Å². The SMILES string of the molecule is Nc1ncnc2c1ncn2C1C[C@@H](O)C(CO)O1. The normalized spacial score (nSPS) is 28.0. The molecule has 1 fully saturated rings. The van der Waals surface area contributed by atoms with Crippen molar-refractivity contribution in [2.45, 2.75) is 24.9 Å². The standard InChI is InChI=1S/C10H13N5O3/c11-9-8-10(13-3-12-9)15(4-14-8)7-1-5(17)6(2-16)18-7/h3-7,16-17H,1-2H2,(H2,11,12,13)/t5-,6?,7?/m1/s1. The van der Waals surface area contributed by atoms with E-state index in [4.69, 9.17) is 15.6 Å². The van der Waals surface area contributed by atoms with Crippen molar-refractivity contribution >= 4 is 17.0 Å². The van der Waals surface area contributed by atoms with E-state index in [9.17, 15) is 5.11 Å². The molecule has 0 radical (unpaired) electrons. The molecule has 8 nitrogen and oxygen atoms in total. The smallest absolute Gasteiger partial charge is 0.167 e. The van der Waals surface area contributed by atoms with Crippen LogP contribution in [0.5, 0.6) is 0 Å². The van der Waals surface area contributed by atoms with Gasteiger partial charge >= 0.3 is 0 Å². The average molecular weight is 251 g/mol. The van der Waals surface area contributed by atoms with Gasteiger partial charge in [0.1, 0.15) is 24.2 Å². The van der Waals surface area contributed by atoms with E-state index in [1.54, 1.807) is 10.9 Å². The maximum atomic E-state index is 9.71. The minimum atomic E-state index is -0.698. The van der Waals surface area contributed by atoms with E-state index in [0.29, 0.717) is 23.4 Å². The minimum Gasteiger partial charge on any atom is -0.394 e. The predicted octanol–water partition coefficient (Wildman–Crippen LogP) is -0.951. The van der Waals surface area contributed by atoms with Gasteiger partial charge in [-0.3, -0.25) is 4.57 Å². The van der Waals surface area contributed by atoms with Crippen molar-refractivity contribution in [2.75, 3.05) is 12.3 Å². The molecule has 4 N–H and O–H groups in total. The molecule has 1 aliphatic rings. The van der Waals surface area contributed by atoms with E-state index in [1.807, 2.05) is 0 Å². The number of hydrogen-bond acceptors (Lipinski definition) is 7. The average Bonchev–Trinajstić information content (AvgIpc) is 2.93. The largest absolute Gasteiger partial charge is 0.394 e. The van der Waals surface area contributed by atoms with Crippen molar-refractivity contribution in [1.82, 2.24) is 19.5 Å². The van der Waals surface area contributed by atoms with Gasteiger partial charge in [-0.2, -0.15) is 0 Å². The number of fused-ring (bicyclic) bond motifs is 1. The molecule has 0 amide bonds. The molecule has 18 heavy (non-hydrogen) atoms. The van der Waals surface area contributed by atoms with Crippen LogP contribution in [0.4, 0.5) is 5.82 Å². The van der Waals surface area contributed by atoms with Crippen LogP contribution in [0, 0.1) is 0 Å². The van der Waals surface area contributed by atoms with Gasteiger partial charge in [0.25, 0.3) is 0 Å². The number of hydrogen-bond donors (Lipinski definition) is 3. The number of nitrogen functional groups attached to an aromatic ring is 1. The summed E-state index contributed by atoms with van der Waals surface area (Å²) >= 11 is 0. The van der Waals surface area contributed by atoms with Crippen LogP contribution in [0.2, 0.25) is 0 Å². The maximum Gasteiger partial charge on any atom is 0.167 e. The molecule has 96 valence electrons. The lowest BCUT2D eigenvalue weighted by atomic mass is 10.2. The molecule has 0 bridgehead atoms. The predicted molar refractivity (Wildman–Crippen MR) is 61.4 cm³/mol. The van der Waals surface area contributed by atoms with Crippen LogP contribution in [0.3, 0.4) is 0 Å². The van der Waals surface area contributed by atoms with Crippen LogP contribution >= 0.6 is 0 Å². The third-order valence-electron chi connectivity index (χ3n) is 3.08. The van der Waals surface area contributed by atoms with Crippen LogP contribution in [-0.4, -0.2) is 48.5 Å². The Morgan fingerprint density at radius 3 is 3.00 bits per heavy atom. The molecule has 1 saturated heterocycles. The van der Waals surface area contributed by atoms with Crippen molar-refractivity contribution in [3.05, 3.63) is 12.7 Å². The number of anilines is 1. The third-order valence-corrected chi connectivity index (χ3v) is 3.08. The zero-order valence-corrected chi connectivity index (χ0v) is 9.47. The van der Waals surface area contributed by atoms with E-state index in [-0.39, 0.29) is 6.61 Å². The van der Waals surface area contributed by atoms with E-state index < -0.39 is 18.4 Å². The number of aliphatic hydroxyl groups is 2. The molecule has 3 atom stereocenters. The quantitative estimate of drug-likeness (QED) is 0.629. The summed E-state index contributed by atoms with van der Waals surface area (Å²) in [6.45, 7) is -0.221. The summed E-state index contributed by atoms with van der Waals surface area (Å²) in [5, 5.41) is 18.8. The van der Waals surface area contributed by atoms with Crippen LogP contribution in [0.15, 0.2) is 12.7 Å². The Bertz CT molecular complexity index is 572. The molecule has 2 aromatic rings. The first-order chi connectivity index (χ1) is 8.70. The number of imidazole rings is 1. The third kappa shape index (κ3) is 1.62. The molecule has 0 aliphatic carbocycles. The molecule has 1 aliphatic heterocycles. The van der Waals surface area contributed by atoms with Crippen molar-refractivity contribution in [3.8, 4) is 0 Å². The summed E-state index contributed by atoms with van der Waals surface area (Å²) in [5.74, 6) is 0.302. The molecule has 3 rings (SSSR count). The summed E-state index contributed by atoms with van der Waals surface area (Å²) in [4.78, 5) is 12.1. The number of nitrogens with zero attached hydrogens (tertiary/aromatic N) is 4. The van der Waals surface area contributed by atoms with E-state index in [2.05, 4.69) is 15.0 Å². The number of aliphatic hydroxyl groups excluding tert-OH is 2. The van der Waals surface area contributed by atoms with E-state index in [1.165, 1.54) is 6.33 Å². The van der Waals surface area contributed by atoms with Crippen molar-refractivity contribution in [1.29, 1.82) is 0 Å². The van der Waals surface area contributed by atoms with Crippen LogP contribution in [0.1, 0.15) is 12.6 Å². The lowest BCUT2D eigenvalue weighted by molar-refractivity contribution is -0.0432. The van der Waals surface area contributed by atoms with Gasteiger partial charge in [0.2, 0.25) is 0 Å². The van der Waals surface area contributed by atoms with Gasteiger partial charge in [-0.05, 0) is 0 Å². The Hall–Kier alpha value is -1.77. The Kier molecular flexibility index (Phi) is 2.62. The molecule has 0 spiro atoms. The molecular formula is C10H13N5O3. The molecule has 0 aromatic carbocycles. The molecule has 3 heterocycles. The van der Waals surface area contributed by atoms with Gasteiger partial charge in [0.15, 0.2) is 11.5 Å². The summed E-state index contributed by atoms with van der Waals surface area (Å²) in [5.41, 5.74) is 6.75. The van der Waals surface area contributed by atoms with Gasteiger partial charge in [0, 0.05) is 6.42 Å². The van der Waals surface area contributed by atoms with Crippen molar-refractivity contribution in [3.63, 3.8) is 0 Å². The van der Waals surface area contributed by atoms with E-state index >= 15 is 0 Å². The van der Waals surface area contributed by atoms with Gasteiger partial charge in [0.05, 0.1) is 19.0 Å². The Morgan fingerprint density at radius 1 is 1.44 bits per heavy atom. The molecular weight excluding hydrogens is 238 g/mol. The second kappa shape index (κ2) is 4.16. The number of aromatic nitrogens is 4. The van der Waals surface area contributed by atoms with Gasteiger partial charge in [-0.25, -0.2) is 15.0 Å². The fourth-order valence-electron chi connectivity index (χ4n) is 2.13. The zero-order valence-electron chi connectivity index (χ0n) is 9.47. The Labute approximate surface area is 102 Å². The zero-order chi connectivity index (χ0) is 12.7. The maximum absolute atomic E-state index is 9.71. The van der Waals surface area contributed by atoms with Crippen LogP contribution in [0.25, 0.3) is 11.2 Å². The lowest BCUT2D eigenvalue weighted by Gasteiger charge is -2.13. The first kappa shape index (κ1) is 11.3. The molecule has 8 heteroatoms. The van der Waals surface area contributed by atoms with Crippen LogP contribution in [-0.2, 0) is 4.74 Å². The highest BCUT2D eigenvalue weighted by molar-refractivity contribution is 5.81. The van der Waals surface area contributed by atoms with Gasteiger partial charge in [-0.1, -0.05) is 0 Å². The highest BCUT2D eigenvalue weighted by Gasteiger charge is 2.35. The number of ether oxygens (including phenoxy) is 1. The van der Waals surface area contributed by atoms with Crippen molar-refractivity contribution in [2.24, 2.45) is 0 Å². The fourth-order valence-corrected chi connectivity index (χ4v) is 2.13. The van der Waals surface area contributed by atoms with Gasteiger partial charge < -0.3 is 20.7 Å². The highest BCUT2D eigenvalue weighted by atomic mass is 16.5. The summed E-state index contributed by atoms with van der Waals surface area (Å²) in [7, 11) is 0. The monoisotopic (exact) mass is 251 g/mol. The minimum absolute atomic E-state index is 0.221. The molecule has 2 aromatic heterocycles. The fraction of sp³-hybridized carbons (Fsp3) is 0.500. The summed E-state index contributed by atoms with van der Waals surface area (Å²) < 4.78 is 7.22. The van der Waals surface area contributed by atoms with Gasteiger partial charge in [-0.15, -0.1) is 0 Å². The summed E-state index contributed by atoms with van der Waals surface area (Å²) in [6, 6.07) is 0. The first-order valence-corrected chi connectivity index (χ1v) is 5.58. The Balaban J connectivity index is 1.99. The summed E-state index contributed by atoms with van der Waals surface area (Å²) in [6.07, 6.45) is 1.60. The number of rotatable bonds is 2. The Morgan fingerprint density at radius 2 is 2.28 bits per heavy atom. The van der Waals surface area contributed by atoms with E-state index in [0.717, 1.165) is 0 Å². The van der Waals surface area contributed by atoms with Crippen LogP contribution < -0.4 is 5.73 Å². The first-order valence-electron chi connectivity index (χ1n) is 5.58. The van der Waals surface area contributed by atoms with Crippen molar-refractivity contribution < 1.29 is 14.9 Å². The number of nitrogens with two attached hydrogens (primary N) is 1. The molecule has 0 saturated carbocycles. The second-order valence-electron chi connectivity index (χ2n) is 4.20. The highest BCUT2D eigenvalue weighted by Crippen LogP contribution is 2.30. The molecule has 2 unspecified atom stereocenters. The second-order valence-corrected chi connectivity index (χ2v) is 4.20. The lowest BCUT2D eigenvalue weighted by Crippen LogP contribution is -2.24.